The van der Waals surface area contributed by atoms with Gasteiger partial charge in [-0.15, -0.1) is 0 Å². The average Bonchev–Trinajstić information content (AvgIpc) is 3.80. The maximum atomic E-state index is 5.40. The predicted octanol–water partition coefficient (Wildman–Crippen LogP) is 10.2. The fraction of sp³-hybridized carbons (Fsp3) is 0. The number of rotatable bonds is 4. The lowest BCUT2D eigenvalue weighted by Gasteiger charge is -2.15. The Bertz CT molecular complexity index is 3860. The molecule has 0 atom stereocenters. The molecule has 5 aromatic carbocycles. The van der Waals surface area contributed by atoms with Crippen molar-refractivity contribution in [1.29, 1.82) is 0 Å². The molecule has 8 heterocycles. The van der Waals surface area contributed by atoms with E-state index in [1.165, 1.54) is 0 Å². The van der Waals surface area contributed by atoms with Crippen LogP contribution < -0.4 is 5.48 Å². The van der Waals surface area contributed by atoms with Crippen molar-refractivity contribution in [2.45, 2.75) is 0 Å². The highest BCUT2D eigenvalue weighted by Gasteiger charge is 2.26. The summed E-state index contributed by atoms with van der Waals surface area (Å²) in [6.07, 6.45) is 12.8. The summed E-state index contributed by atoms with van der Waals surface area (Å²) >= 11 is 0. The van der Waals surface area contributed by atoms with E-state index in [4.69, 9.17) is 29.9 Å². The van der Waals surface area contributed by atoms with Gasteiger partial charge in [-0.3, -0.25) is 28.7 Å². The zero-order chi connectivity index (χ0) is 39.3. The highest BCUT2D eigenvalue weighted by molar-refractivity contribution is 6.25. The minimum absolute atomic E-state index is 0.717. The van der Waals surface area contributed by atoms with Crippen LogP contribution in [0, 0.1) is 0 Å². The number of benzene rings is 5. The van der Waals surface area contributed by atoms with E-state index in [2.05, 4.69) is 123 Å². The Morgan fingerprint density at radius 1 is 0.417 bits per heavy atom. The lowest BCUT2D eigenvalue weighted by molar-refractivity contribution is 0.998. The van der Waals surface area contributed by atoms with E-state index in [0.29, 0.717) is 0 Å². The van der Waals surface area contributed by atoms with E-state index < -0.39 is 0 Å². The van der Waals surface area contributed by atoms with E-state index >= 15 is 0 Å². The molecule has 0 saturated heterocycles. The second kappa shape index (κ2) is 12.5. The summed E-state index contributed by atoms with van der Waals surface area (Å²) in [6, 6.07) is 46.4. The molecular formula is C51H29N9. The first-order valence-corrected chi connectivity index (χ1v) is 19.8. The quantitative estimate of drug-likeness (QED) is 0.176. The summed E-state index contributed by atoms with van der Waals surface area (Å²) in [6.45, 7) is 0. The van der Waals surface area contributed by atoms with Gasteiger partial charge in [-0.05, 0) is 58.7 Å². The van der Waals surface area contributed by atoms with Gasteiger partial charge in [0.05, 0.1) is 34.0 Å². The molecule has 0 amide bonds. The van der Waals surface area contributed by atoms with Gasteiger partial charge in [0, 0.05) is 80.6 Å². The maximum Gasteiger partial charge on any atom is 0.165 e. The van der Waals surface area contributed by atoms with Gasteiger partial charge in [0.1, 0.15) is 16.5 Å². The van der Waals surface area contributed by atoms with E-state index in [9.17, 15) is 0 Å². The van der Waals surface area contributed by atoms with Gasteiger partial charge in [0.2, 0.25) is 0 Å². The van der Waals surface area contributed by atoms with Crippen LogP contribution in [0.5, 0.6) is 0 Å². The van der Waals surface area contributed by atoms with Gasteiger partial charge in [0.25, 0.3) is 0 Å². The summed E-state index contributed by atoms with van der Waals surface area (Å²) in [7, 11) is 0. The molecule has 8 aromatic heterocycles. The topological polar surface area (TPSA) is 99.0 Å². The minimum Gasteiger partial charge on any atom is -0.276 e. The van der Waals surface area contributed by atoms with Crippen molar-refractivity contribution in [3.05, 3.63) is 193 Å². The van der Waals surface area contributed by atoms with Gasteiger partial charge in [0.15, 0.2) is 11.3 Å². The summed E-state index contributed by atoms with van der Waals surface area (Å²) in [5.41, 5.74) is 14.5. The molecule has 9 heteroatoms. The van der Waals surface area contributed by atoms with Gasteiger partial charge < -0.3 is 0 Å². The Labute approximate surface area is 340 Å². The fourth-order valence-electron chi connectivity index (χ4n) is 9.35. The molecule has 0 bridgehead atoms. The smallest absolute Gasteiger partial charge is 0.165 e. The van der Waals surface area contributed by atoms with Crippen LogP contribution in [0.15, 0.2) is 177 Å². The van der Waals surface area contributed by atoms with Crippen molar-refractivity contribution in [1.82, 2.24) is 43.7 Å². The Morgan fingerprint density at radius 3 is 1.82 bits per heavy atom. The zero-order valence-corrected chi connectivity index (χ0v) is 31.8. The summed E-state index contributed by atoms with van der Waals surface area (Å²) in [4.78, 5) is 35.1. The molecule has 0 fully saturated rings. The van der Waals surface area contributed by atoms with Crippen LogP contribution >= 0.6 is 0 Å². The number of para-hydroxylation sites is 3. The third-order valence-corrected chi connectivity index (χ3v) is 11.8. The molecule has 0 aliphatic heterocycles. The van der Waals surface area contributed by atoms with Gasteiger partial charge >= 0.3 is 0 Å². The lowest BCUT2D eigenvalue weighted by Crippen LogP contribution is -2.25. The lowest BCUT2D eigenvalue weighted by atomic mass is 9.93. The molecule has 60 heavy (non-hydrogen) atoms. The molecule has 13 rings (SSSR count). The molecule has 0 unspecified atom stereocenters. The number of aromatic nitrogens is 9. The summed E-state index contributed by atoms with van der Waals surface area (Å²) < 4.78 is 4.65. The van der Waals surface area contributed by atoms with Crippen LogP contribution in [0.3, 0.4) is 0 Å². The number of nitrogens with zero attached hydrogens (tertiary/aromatic N) is 9. The number of hydrogen-bond acceptors (Lipinski definition) is 7. The molecule has 0 saturated carbocycles. The second-order valence-electron chi connectivity index (χ2n) is 15.0. The third-order valence-electron chi connectivity index (χ3n) is 11.8. The molecule has 0 N–H and O–H groups in total. The second-order valence-corrected chi connectivity index (χ2v) is 15.0. The molecule has 278 valence electrons. The van der Waals surface area contributed by atoms with Crippen molar-refractivity contribution < 1.29 is 0 Å². The number of hydrogen-bond donors (Lipinski definition) is 0. The van der Waals surface area contributed by atoms with Crippen molar-refractivity contribution in [2.24, 2.45) is 0 Å². The van der Waals surface area contributed by atoms with Gasteiger partial charge in [-0.25, -0.2) is 15.0 Å². The van der Waals surface area contributed by atoms with Crippen LogP contribution in [0.2, 0.25) is 0 Å². The van der Waals surface area contributed by atoms with Crippen molar-refractivity contribution in [2.75, 3.05) is 0 Å². The predicted molar refractivity (Wildman–Crippen MR) is 239 cm³/mol. The van der Waals surface area contributed by atoms with Crippen LogP contribution in [0.1, 0.15) is 11.1 Å². The highest BCUT2D eigenvalue weighted by Crippen LogP contribution is 2.42. The third kappa shape index (κ3) is 4.54. The van der Waals surface area contributed by atoms with E-state index in [0.717, 1.165) is 121 Å². The van der Waals surface area contributed by atoms with Crippen molar-refractivity contribution >= 4 is 82.3 Å². The maximum absolute atomic E-state index is 5.40. The fourth-order valence-corrected chi connectivity index (χ4v) is 9.35. The molecule has 13 aromatic rings. The van der Waals surface area contributed by atoms with Crippen molar-refractivity contribution in [3.63, 3.8) is 0 Å². The number of fused-ring (bicyclic) bond motifs is 9. The first kappa shape index (κ1) is 32.6. The Hall–Kier alpha value is -8.43. The van der Waals surface area contributed by atoms with E-state index in [1.807, 2.05) is 42.9 Å². The van der Waals surface area contributed by atoms with E-state index in [-0.39, 0.29) is 0 Å². The van der Waals surface area contributed by atoms with Crippen molar-refractivity contribution in [3.8, 4) is 22.4 Å². The average molecular weight is 768 g/mol. The van der Waals surface area contributed by atoms with Crippen LogP contribution in [0.25, 0.3) is 105 Å². The minimum atomic E-state index is 0.717. The monoisotopic (exact) mass is 767 g/mol. The normalized spacial score (nSPS) is 12.0. The molecule has 0 aliphatic rings. The number of pyridine rings is 3. The van der Waals surface area contributed by atoms with Crippen LogP contribution in [-0.2, 0) is 0 Å². The first-order chi connectivity index (χ1) is 29.8. The molecular weight excluding hydrogens is 739 g/mol. The molecule has 0 radical (unpaired) electrons. The summed E-state index contributed by atoms with van der Waals surface area (Å²) in [5.74, 6) is 0. The van der Waals surface area contributed by atoms with Crippen LogP contribution in [-0.4, -0.2) is 43.7 Å². The first-order valence-electron chi connectivity index (χ1n) is 19.8. The standard InChI is InChI=1S/C51H29N9/c1-2-9-30(10-3-1)32-17-18-38-37-13-8-14-39-45-49(57-29-42(58-45)31-19-23-52-24-20-31)59(47(37)39)51(60-48(38)44(32)46-50(60)56-28-27-55-46)43(35-21-25-53-40-15-6-4-11-33(35)40)36-22-26-54-41-16-7-5-12-34(36)41/h1-29H. The zero-order valence-electron chi connectivity index (χ0n) is 31.8. The molecule has 0 aliphatic carbocycles. The van der Waals surface area contributed by atoms with Crippen LogP contribution in [0.4, 0.5) is 0 Å². The van der Waals surface area contributed by atoms with Gasteiger partial charge in [-0.2, -0.15) is 0 Å². The largest absolute Gasteiger partial charge is 0.276 e. The summed E-state index contributed by atoms with van der Waals surface area (Å²) in [5, 5.41) is 6.15. The molecule has 0 spiro atoms. The Kier molecular flexibility index (Phi) is 6.82. The Morgan fingerprint density at radius 2 is 1.05 bits per heavy atom. The van der Waals surface area contributed by atoms with Gasteiger partial charge in [-0.1, -0.05) is 97.1 Å². The van der Waals surface area contributed by atoms with E-state index in [1.54, 1.807) is 24.8 Å². The highest BCUT2D eigenvalue weighted by atomic mass is 15.1. The Balaban J connectivity index is 1.41. The molecule has 9 nitrogen and oxygen atoms in total. The SMILES string of the molecule is c1ccc(-c2ccc3c4cccc5c6nc(-c7ccncc7)cnc6n(c(=C(c6ccnc7ccccc67)c6ccnc7ccccc67)n6c7nccnc7c2c36)c45)cc1.